The number of hydrogen-bond donors (Lipinski definition) is 0. The van der Waals surface area contributed by atoms with Gasteiger partial charge in [-0.05, 0) is 44.8 Å². The Hall–Kier alpha value is -0.0400. The van der Waals surface area contributed by atoms with Crippen molar-refractivity contribution in [3.63, 3.8) is 0 Å². The SMILES string of the molecule is CCCCCCCCCCN(CCCCCCCCCC)CCCCCCCCCCCCCCC(C)C. The summed E-state index contributed by atoms with van der Waals surface area (Å²) in [5, 5.41) is 0. The van der Waals surface area contributed by atoms with E-state index >= 15 is 0 Å². The van der Waals surface area contributed by atoms with E-state index in [4.69, 9.17) is 0 Å². The van der Waals surface area contributed by atoms with Gasteiger partial charge in [-0.3, -0.25) is 0 Å². The number of nitrogens with zero attached hydrogens (tertiary/aromatic N) is 1. The summed E-state index contributed by atoms with van der Waals surface area (Å²) in [5.74, 6) is 0.892. The van der Waals surface area contributed by atoms with Crippen molar-refractivity contribution in [3.05, 3.63) is 0 Å². The maximum absolute atomic E-state index is 2.84. The second-order valence-corrected chi connectivity index (χ2v) is 13.2. The first-order chi connectivity index (χ1) is 18.7. The lowest BCUT2D eigenvalue weighted by Crippen LogP contribution is -2.27. The van der Waals surface area contributed by atoms with Gasteiger partial charge in [0.05, 0.1) is 0 Å². The van der Waals surface area contributed by atoms with Crippen molar-refractivity contribution in [1.82, 2.24) is 4.90 Å². The van der Waals surface area contributed by atoms with Crippen molar-refractivity contribution in [3.8, 4) is 0 Å². The van der Waals surface area contributed by atoms with Gasteiger partial charge in [-0.25, -0.2) is 0 Å². The lowest BCUT2D eigenvalue weighted by Gasteiger charge is -2.22. The maximum Gasteiger partial charge on any atom is -0.00187 e. The van der Waals surface area contributed by atoms with Crippen LogP contribution in [0.4, 0.5) is 0 Å². The van der Waals surface area contributed by atoms with Crippen molar-refractivity contribution in [2.24, 2.45) is 5.92 Å². The van der Waals surface area contributed by atoms with Crippen molar-refractivity contribution < 1.29 is 0 Å². The molecule has 0 bridgehead atoms. The molecule has 0 N–H and O–H groups in total. The second kappa shape index (κ2) is 33.2. The van der Waals surface area contributed by atoms with E-state index in [1.54, 1.807) is 0 Å². The van der Waals surface area contributed by atoms with Gasteiger partial charge >= 0.3 is 0 Å². The summed E-state index contributed by atoms with van der Waals surface area (Å²) in [6, 6.07) is 0. The van der Waals surface area contributed by atoms with Gasteiger partial charge in [-0.15, -0.1) is 0 Å². The van der Waals surface area contributed by atoms with Crippen LogP contribution in [0.1, 0.15) is 214 Å². The molecule has 0 aromatic heterocycles. The number of rotatable bonds is 33. The molecule has 0 saturated heterocycles. The molecular formula is C37H77N. The minimum atomic E-state index is 0.892. The molecule has 0 unspecified atom stereocenters. The van der Waals surface area contributed by atoms with Crippen LogP contribution in [0.25, 0.3) is 0 Å². The van der Waals surface area contributed by atoms with Crippen LogP contribution in [0, 0.1) is 5.92 Å². The molecule has 0 aromatic rings. The summed E-state index contributed by atoms with van der Waals surface area (Å²) < 4.78 is 0. The first-order valence-electron chi connectivity index (χ1n) is 18.4. The molecule has 38 heavy (non-hydrogen) atoms. The molecule has 0 amide bonds. The predicted octanol–water partition coefficient (Wildman–Crippen LogP) is 13.3. The number of hydrogen-bond acceptors (Lipinski definition) is 1. The molecule has 230 valence electrons. The van der Waals surface area contributed by atoms with E-state index in [1.165, 1.54) is 206 Å². The van der Waals surface area contributed by atoms with E-state index in [0.29, 0.717) is 0 Å². The largest absolute Gasteiger partial charge is 0.303 e. The minimum Gasteiger partial charge on any atom is -0.303 e. The second-order valence-electron chi connectivity index (χ2n) is 13.2. The third-order valence-corrected chi connectivity index (χ3v) is 8.66. The molecule has 0 radical (unpaired) electrons. The molecule has 0 aliphatic carbocycles. The molecule has 0 aliphatic rings. The van der Waals surface area contributed by atoms with Gasteiger partial charge in [0.15, 0.2) is 0 Å². The highest BCUT2D eigenvalue weighted by Gasteiger charge is 2.05. The topological polar surface area (TPSA) is 3.24 Å². The third-order valence-electron chi connectivity index (χ3n) is 8.66. The van der Waals surface area contributed by atoms with Crippen LogP contribution in [0.3, 0.4) is 0 Å². The Morgan fingerprint density at radius 3 is 0.816 bits per heavy atom. The summed E-state index contributed by atoms with van der Waals surface area (Å²) in [6.07, 6.45) is 42.2. The quantitative estimate of drug-likeness (QED) is 0.0755. The van der Waals surface area contributed by atoms with Gasteiger partial charge < -0.3 is 4.90 Å². The van der Waals surface area contributed by atoms with Gasteiger partial charge in [-0.2, -0.15) is 0 Å². The van der Waals surface area contributed by atoms with Gasteiger partial charge in [0.25, 0.3) is 0 Å². The van der Waals surface area contributed by atoms with Crippen molar-refractivity contribution in [1.29, 1.82) is 0 Å². The highest BCUT2D eigenvalue weighted by molar-refractivity contribution is 4.61. The average molecular weight is 536 g/mol. The zero-order chi connectivity index (χ0) is 27.8. The van der Waals surface area contributed by atoms with E-state index in [9.17, 15) is 0 Å². The smallest absolute Gasteiger partial charge is 0.00187 e. The molecular weight excluding hydrogens is 458 g/mol. The van der Waals surface area contributed by atoms with Crippen LogP contribution >= 0.6 is 0 Å². The monoisotopic (exact) mass is 536 g/mol. The molecule has 0 aliphatic heterocycles. The minimum absolute atomic E-state index is 0.892. The molecule has 0 fully saturated rings. The zero-order valence-electron chi connectivity index (χ0n) is 27.7. The predicted molar refractivity (Wildman–Crippen MR) is 177 cm³/mol. The van der Waals surface area contributed by atoms with E-state index in [1.807, 2.05) is 0 Å². The lowest BCUT2D eigenvalue weighted by atomic mass is 10.0. The maximum atomic E-state index is 2.84. The summed E-state index contributed by atoms with van der Waals surface area (Å²) >= 11 is 0. The fraction of sp³-hybridized carbons (Fsp3) is 1.00. The van der Waals surface area contributed by atoms with Crippen molar-refractivity contribution in [2.75, 3.05) is 19.6 Å². The highest BCUT2D eigenvalue weighted by atomic mass is 15.1. The van der Waals surface area contributed by atoms with Gasteiger partial charge in [-0.1, -0.05) is 195 Å². The Labute approximate surface area is 244 Å². The first kappa shape index (κ1) is 38.0. The van der Waals surface area contributed by atoms with E-state index in [0.717, 1.165) is 5.92 Å². The van der Waals surface area contributed by atoms with Gasteiger partial charge in [0.2, 0.25) is 0 Å². The standard InChI is InChI=1S/C37H77N/c1-5-7-9-11-13-22-26-30-34-38(35-31-27-23-14-12-10-8-6-2)36-32-28-24-20-18-16-15-17-19-21-25-29-33-37(3)4/h37H,5-36H2,1-4H3. The van der Waals surface area contributed by atoms with Crippen LogP contribution in [0.15, 0.2) is 0 Å². The molecule has 1 heteroatoms. The Bertz CT molecular complexity index is 384. The van der Waals surface area contributed by atoms with Crippen LogP contribution in [0.2, 0.25) is 0 Å². The van der Waals surface area contributed by atoms with Crippen LogP contribution in [-0.2, 0) is 0 Å². The molecule has 0 atom stereocenters. The highest BCUT2D eigenvalue weighted by Crippen LogP contribution is 2.15. The Morgan fingerprint density at radius 2 is 0.553 bits per heavy atom. The molecule has 0 saturated carbocycles. The lowest BCUT2D eigenvalue weighted by molar-refractivity contribution is 0.254. The fourth-order valence-corrected chi connectivity index (χ4v) is 5.93. The molecule has 0 spiro atoms. The van der Waals surface area contributed by atoms with Crippen molar-refractivity contribution >= 4 is 0 Å². The Balaban J connectivity index is 3.78. The zero-order valence-corrected chi connectivity index (χ0v) is 27.7. The van der Waals surface area contributed by atoms with Crippen molar-refractivity contribution in [2.45, 2.75) is 214 Å². The number of unbranched alkanes of at least 4 members (excludes halogenated alkanes) is 25. The average Bonchev–Trinajstić information content (AvgIpc) is 2.91. The van der Waals surface area contributed by atoms with E-state index in [2.05, 4.69) is 32.6 Å². The Kier molecular flexibility index (Phi) is 33.1. The normalized spacial score (nSPS) is 11.8. The summed E-state index contributed by atoms with van der Waals surface area (Å²) in [5.41, 5.74) is 0. The van der Waals surface area contributed by atoms with Gasteiger partial charge in [0, 0.05) is 0 Å². The fourth-order valence-electron chi connectivity index (χ4n) is 5.93. The Morgan fingerprint density at radius 1 is 0.316 bits per heavy atom. The summed E-state index contributed by atoms with van der Waals surface area (Å²) in [6.45, 7) is 13.4. The van der Waals surface area contributed by atoms with Gasteiger partial charge in [0.1, 0.15) is 0 Å². The molecule has 0 aromatic carbocycles. The summed E-state index contributed by atoms with van der Waals surface area (Å²) in [7, 11) is 0. The molecule has 1 nitrogen and oxygen atoms in total. The third kappa shape index (κ3) is 32.2. The molecule has 0 rings (SSSR count). The first-order valence-corrected chi connectivity index (χ1v) is 18.4. The summed E-state index contributed by atoms with van der Waals surface area (Å²) in [4.78, 5) is 2.84. The van der Waals surface area contributed by atoms with E-state index in [-0.39, 0.29) is 0 Å². The molecule has 0 heterocycles. The van der Waals surface area contributed by atoms with E-state index < -0.39 is 0 Å². The van der Waals surface area contributed by atoms with Crippen LogP contribution < -0.4 is 0 Å². The van der Waals surface area contributed by atoms with Crippen LogP contribution in [0.5, 0.6) is 0 Å². The van der Waals surface area contributed by atoms with Crippen LogP contribution in [-0.4, -0.2) is 24.5 Å².